The third-order valence-corrected chi connectivity index (χ3v) is 5.48. The average molecular weight is 459 g/mol. The Kier molecular flexibility index (Phi) is 6.82. The van der Waals surface area contributed by atoms with E-state index in [0.29, 0.717) is 35.1 Å². The van der Waals surface area contributed by atoms with Crippen molar-refractivity contribution in [3.05, 3.63) is 89.6 Å². The van der Waals surface area contributed by atoms with Crippen molar-refractivity contribution in [2.45, 2.75) is 13.5 Å². The van der Waals surface area contributed by atoms with Gasteiger partial charge < -0.3 is 19.5 Å². The minimum absolute atomic E-state index is 0.0739. The van der Waals surface area contributed by atoms with E-state index in [4.69, 9.17) is 14.2 Å². The lowest BCUT2D eigenvalue weighted by atomic mass is 10.0. The lowest BCUT2D eigenvalue weighted by molar-refractivity contribution is -0.137. The first-order valence-electron chi connectivity index (χ1n) is 10.9. The summed E-state index contributed by atoms with van der Waals surface area (Å²) in [5, 5.41) is 3.16. The van der Waals surface area contributed by atoms with Crippen molar-refractivity contribution in [1.29, 1.82) is 0 Å². The number of methoxy groups -OCH3 is 2. The highest BCUT2D eigenvalue weighted by Crippen LogP contribution is 2.36. The first-order valence-corrected chi connectivity index (χ1v) is 10.9. The minimum Gasteiger partial charge on any atom is -0.496 e. The van der Waals surface area contributed by atoms with E-state index in [9.17, 15) is 9.59 Å². The van der Waals surface area contributed by atoms with Crippen LogP contribution in [0.1, 0.15) is 18.1 Å². The quantitative estimate of drug-likeness (QED) is 0.476. The zero-order chi connectivity index (χ0) is 24.1. The molecule has 3 aromatic carbocycles. The van der Waals surface area contributed by atoms with Crippen LogP contribution < -0.4 is 19.5 Å². The van der Waals surface area contributed by atoms with E-state index in [-0.39, 0.29) is 17.8 Å². The zero-order valence-corrected chi connectivity index (χ0v) is 19.3. The van der Waals surface area contributed by atoms with Crippen LogP contribution in [0.5, 0.6) is 17.2 Å². The van der Waals surface area contributed by atoms with Gasteiger partial charge >= 0.3 is 0 Å². The van der Waals surface area contributed by atoms with Gasteiger partial charge in [0.1, 0.15) is 22.9 Å². The molecule has 34 heavy (non-hydrogen) atoms. The van der Waals surface area contributed by atoms with Crippen LogP contribution in [-0.4, -0.2) is 37.5 Å². The van der Waals surface area contributed by atoms with Gasteiger partial charge in [0.25, 0.3) is 11.8 Å². The summed E-state index contributed by atoms with van der Waals surface area (Å²) in [5.74, 6) is 0.921. The van der Waals surface area contributed by atoms with Crippen LogP contribution in [0.2, 0.25) is 0 Å². The van der Waals surface area contributed by atoms with Gasteiger partial charge in [-0.05, 0) is 31.2 Å². The maximum absolute atomic E-state index is 13.6. The molecular formula is C27H26N2O5. The van der Waals surface area contributed by atoms with Crippen LogP contribution in [0.4, 0.5) is 5.69 Å². The molecule has 2 amide bonds. The normalized spacial score (nSPS) is 13.3. The maximum atomic E-state index is 13.6. The molecule has 174 valence electrons. The molecule has 7 heteroatoms. The van der Waals surface area contributed by atoms with Crippen molar-refractivity contribution >= 4 is 23.1 Å². The molecule has 0 fully saturated rings. The summed E-state index contributed by atoms with van der Waals surface area (Å²) in [5.41, 5.74) is 2.32. The molecule has 0 radical (unpaired) electrons. The number of benzene rings is 3. The molecule has 0 atom stereocenters. The molecule has 0 saturated heterocycles. The summed E-state index contributed by atoms with van der Waals surface area (Å²) in [6, 6.07) is 21.7. The van der Waals surface area contributed by atoms with Gasteiger partial charge in [-0.3, -0.25) is 14.5 Å². The zero-order valence-electron chi connectivity index (χ0n) is 19.3. The molecular weight excluding hydrogens is 432 g/mol. The number of nitrogens with one attached hydrogen (secondary N) is 1. The molecule has 4 rings (SSSR count). The molecule has 0 unspecified atom stereocenters. The fraction of sp³-hybridized carbons (Fsp3) is 0.185. The molecule has 0 aromatic heterocycles. The third-order valence-electron chi connectivity index (χ3n) is 5.48. The Morgan fingerprint density at radius 2 is 1.53 bits per heavy atom. The van der Waals surface area contributed by atoms with Crippen LogP contribution in [0.3, 0.4) is 0 Å². The van der Waals surface area contributed by atoms with E-state index in [1.807, 2.05) is 49.4 Å². The monoisotopic (exact) mass is 458 g/mol. The Morgan fingerprint density at radius 1 is 0.824 bits per heavy atom. The van der Waals surface area contributed by atoms with E-state index < -0.39 is 11.8 Å². The summed E-state index contributed by atoms with van der Waals surface area (Å²) in [6.45, 7) is 2.49. The first kappa shape index (κ1) is 22.9. The van der Waals surface area contributed by atoms with E-state index in [1.54, 1.807) is 37.4 Å². The van der Waals surface area contributed by atoms with Crippen LogP contribution in [0, 0.1) is 0 Å². The number of amides is 2. The second-order valence-corrected chi connectivity index (χ2v) is 7.54. The maximum Gasteiger partial charge on any atom is 0.278 e. The fourth-order valence-electron chi connectivity index (χ4n) is 3.92. The first-order chi connectivity index (χ1) is 16.6. The van der Waals surface area contributed by atoms with E-state index in [1.165, 1.54) is 12.0 Å². The Bertz CT molecular complexity index is 1250. The molecule has 0 aliphatic carbocycles. The number of hydrogen-bond donors (Lipinski definition) is 1. The number of carbonyl (C=O) groups is 2. The Balaban J connectivity index is 1.77. The SMILES string of the molecule is CCOc1cccc(NC2=C(c3ccccc3OC)C(=O)N(Cc3ccccc3OC)C2=O)c1. The van der Waals surface area contributed by atoms with Gasteiger partial charge in [-0.25, -0.2) is 0 Å². The molecule has 0 spiro atoms. The second-order valence-electron chi connectivity index (χ2n) is 7.54. The molecule has 0 saturated carbocycles. The van der Waals surface area contributed by atoms with E-state index in [2.05, 4.69) is 5.32 Å². The molecule has 1 aliphatic heterocycles. The number of ether oxygens (including phenoxy) is 3. The van der Waals surface area contributed by atoms with Crippen LogP contribution >= 0.6 is 0 Å². The van der Waals surface area contributed by atoms with Crippen molar-refractivity contribution in [3.8, 4) is 17.2 Å². The summed E-state index contributed by atoms with van der Waals surface area (Å²) in [4.78, 5) is 28.5. The van der Waals surface area contributed by atoms with Crippen molar-refractivity contribution in [1.82, 2.24) is 4.90 Å². The number of nitrogens with zero attached hydrogens (tertiary/aromatic N) is 1. The van der Waals surface area contributed by atoms with Crippen molar-refractivity contribution in [2.75, 3.05) is 26.1 Å². The van der Waals surface area contributed by atoms with Crippen LogP contribution in [0.15, 0.2) is 78.5 Å². The lowest BCUT2D eigenvalue weighted by Crippen LogP contribution is -2.32. The van der Waals surface area contributed by atoms with E-state index >= 15 is 0 Å². The number of hydrogen-bond acceptors (Lipinski definition) is 6. The number of para-hydroxylation sites is 2. The van der Waals surface area contributed by atoms with Crippen LogP contribution in [0.25, 0.3) is 5.57 Å². The Labute approximate surface area is 198 Å². The van der Waals surface area contributed by atoms with Gasteiger partial charge in [0.05, 0.1) is 32.9 Å². The summed E-state index contributed by atoms with van der Waals surface area (Å²) in [7, 11) is 3.09. The van der Waals surface area contributed by atoms with Crippen molar-refractivity contribution < 1.29 is 23.8 Å². The van der Waals surface area contributed by atoms with Gasteiger partial charge in [0.2, 0.25) is 0 Å². The van der Waals surface area contributed by atoms with Gasteiger partial charge in [0, 0.05) is 22.9 Å². The molecule has 7 nitrogen and oxygen atoms in total. The molecule has 1 aliphatic rings. The molecule has 3 aromatic rings. The molecule has 1 heterocycles. The largest absolute Gasteiger partial charge is 0.496 e. The summed E-state index contributed by atoms with van der Waals surface area (Å²) >= 11 is 0. The molecule has 1 N–H and O–H groups in total. The van der Waals surface area contributed by atoms with E-state index in [0.717, 1.165) is 5.56 Å². The second kappa shape index (κ2) is 10.1. The van der Waals surface area contributed by atoms with Crippen molar-refractivity contribution in [3.63, 3.8) is 0 Å². The average Bonchev–Trinajstić information content (AvgIpc) is 3.08. The van der Waals surface area contributed by atoms with Gasteiger partial charge in [-0.15, -0.1) is 0 Å². The number of carbonyl (C=O) groups excluding carboxylic acids is 2. The highest BCUT2D eigenvalue weighted by atomic mass is 16.5. The standard InChI is InChI=1S/C27H26N2O5/c1-4-34-20-12-9-11-19(16-20)28-25-24(21-13-6-8-15-23(21)33-3)26(30)29(27(25)31)17-18-10-5-7-14-22(18)32-2/h5-16,28H,4,17H2,1-3H3. The number of rotatable bonds is 9. The Hall–Kier alpha value is -4.26. The predicted octanol–water partition coefficient (Wildman–Crippen LogP) is 4.49. The van der Waals surface area contributed by atoms with Gasteiger partial charge in [0.15, 0.2) is 0 Å². The highest BCUT2D eigenvalue weighted by Gasteiger charge is 2.40. The fourth-order valence-corrected chi connectivity index (χ4v) is 3.92. The summed E-state index contributed by atoms with van der Waals surface area (Å²) in [6.07, 6.45) is 0. The highest BCUT2D eigenvalue weighted by molar-refractivity contribution is 6.37. The predicted molar refractivity (Wildman–Crippen MR) is 130 cm³/mol. The minimum atomic E-state index is -0.432. The lowest BCUT2D eigenvalue weighted by Gasteiger charge is -2.17. The molecule has 0 bridgehead atoms. The van der Waals surface area contributed by atoms with Crippen LogP contribution in [-0.2, 0) is 16.1 Å². The smallest absolute Gasteiger partial charge is 0.278 e. The Morgan fingerprint density at radius 3 is 2.26 bits per heavy atom. The van der Waals surface area contributed by atoms with Gasteiger partial charge in [-0.2, -0.15) is 0 Å². The number of imide groups is 1. The summed E-state index contributed by atoms with van der Waals surface area (Å²) < 4.78 is 16.5. The topological polar surface area (TPSA) is 77.1 Å². The number of anilines is 1. The van der Waals surface area contributed by atoms with Crippen molar-refractivity contribution in [2.24, 2.45) is 0 Å². The van der Waals surface area contributed by atoms with Gasteiger partial charge in [-0.1, -0.05) is 42.5 Å². The third kappa shape index (κ3) is 4.45.